The van der Waals surface area contributed by atoms with Crippen LogP contribution in [0.15, 0.2) is 29.2 Å². The number of thioether (sulfide) groups is 1. The highest BCUT2D eigenvalue weighted by molar-refractivity contribution is 7.99. The third-order valence-corrected chi connectivity index (χ3v) is 2.91. The molecule has 0 aliphatic rings. The Hall–Kier alpha value is -1.34. The molecule has 0 aromatic heterocycles. The predicted molar refractivity (Wildman–Crippen MR) is 71.6 cm³/mol. The normalized spacial score (nSPS) is 12.3. The third kappa shape index (κ3) is 6.97. The molecule has 0 saturated carbocycles. The van der Waals surface area contributed by atoms with Crippen molar-refractivity contribution in [2.24, 2.45) is 0 Å². The standard InChI is InChI=1S/C12H16F2N2O2S/c1-8(17)6-7-15-12(18)16-9-2-4-10(5-3-9)19-11(13)14/h2-5,8,11,17H,6-7H2,1H3,(H2,15,16,18). The molecular formula is C12H16F2N2O2S. The number of anilines is 1. The zero-order valence-electron chi connectivity index (χ0n) is 10.4. The Labute approximate surface area is 114 Å². The number of carbonyl (C=O) groups excluding carboxylic acids is 1. The zero-order valence-corrected chi connectivity index (χ0v) is 11.2. The second-order valence-electron chi connectivity index (χ2n) is 3.92. The van der Waals surface area contributed by atoms with Gasteiger partial charge in [0.1, 0.15) is 0 Å². The van der Waals surface area contributed by atoms with Gasteiger partial charge in [0.25, 0.3) is 5.76 Å². The Bertz CT molecular complexity index is 399. The molecular weight excluding hydrogens is 274 g/mol. The maximum atomic E-state index is 12.1. The SMILES string of the molecule is CC(O)CCNC(=O)Nc1ccc(SC(F)F)cc1. The van der Waals surface area contributed by atoms with Crippen LogP contribution >= 0.6 is 11.8 Å². The molecule has 1 aromatic carbocycles. The molecule has 0 bridgehead atoms. The number of aliphatic hydroxyl groups excluding tert-OH is 1. The summed E-state index contributed by atoms with van der Waals surface area (Å²) in [7, 11) is 0. The minimum Gasteiger partial charge on any atom is -0.393 e. The Kier molecular flexibility index (Phi) is 6.58. The highest BCUT2D eigenvalue weighted by atomic mass is 32.2. The number of halogens is 2. The second-order valence-corrected chi connectivity index (χ2v) is 4.98. The van der Waals surface area contributed by atoms with E-state index in [1.54, 1.807) is 19.1 Å². The van der Waals surface area contributed by atoms with Crippen molar-refractivity contribution in [3.8, 4) is 0 Å². The van der Waals surface area contributed by atoms with Crippen LogP contribution in [-0.2, 0) is 0 Å². The molecule has 1 unspecified atom stereocenters. The van der Waals surface area contributed by atoms with Crippen LogP contribution in [0.2, 0.25) is 0 Å². The van der Waals surface area contributed by atoms with Gasteiger partial charge in [-0.25, -0.2) is 4.79 Å². The minimum atomic E-state index is -2.46. The van der Waals surface area contributed by atoms with Crippen molar-refractivity contribution in [2.75, 3.05) is 11.9 Å². The summed E-state index contributed by atoms with van der Waals surface area (Å²) in [5.74, 6) is -2.46. The Morgan fingerprint density at radius 2 is 2.00 bits per heavy atom. The first kappa shape index (κ1) is 15.7. The molecule has 0 heterocycles. The summed E-state index contributed by atoms with van der Waals surface area (Å²) in [5.41, 5.74) is 0.521. The van der Waals surface area contributed by atoms with Crippen molar-refractivity contribution in [2.45, 2.75) is 30.1 Å². The Morgan fingerprint density at radius 1 is 1.37 bits per heavy atom. The van der Waals surface area contributed by atoms with Gasteiger partial charge in [-0.1, -0.05) is 11.8 Å². The molecule has 1 aromatic rings. The van der Waals surface area contributed by atoms with Crippen LogP contribution in [0.1, 0.15) is 13.3 Å². The fourth-order valence-corrected chi connectivity index (χ4v) is 1.79. The molecule has 2 amide bonds. The number of rotatable bonds is 6. The lowest BCUT2D eigenvalue weighted by molar-refractivity contribution is 0.184. The predicted octanol–water partition coefficient (Wildman–Crippen LogP) is 2.89. The molecule has 0 spiro atoms. The van der Waals surface area contributed by atoms with Crippen LogP contribution in [0.5, 0.6) is 0 Å². The van der Waals surface area contributed by atoms with Gasteiger partial charge in [-0.15, -0.1) is 0 Å². The van der Waals surface area contributed by atoms with E-state index >= 15 is 0 Å². The van der Waals surface area contributed by atoms with Crippen molar-refractivity contribution < 1.29 is 18.7 Å². The minimum absolute atomic E-state index is 0.364. The number of alkyl halides is 2. The maximum absolute atomic E-state index is 12.1. The smallest absolute Gasteiger partial charge is 0.319 e. The first-order valence-electron chi connectivity index (χ1n) is 5.75. The fraction of sp³-hybridized carbons (Fsp3) is 0.417. The van der Waals surface area contributed by atoms with E-state index in [1.807, 2.05) is 0 Å². The van der Waals surface area contributed by atoms with E-state index in [-0.39, 0.29) is 0 Å². The van der Waals surface area contributed by atoms with Crippen LogP contribution in [0, 0.1) is 0 Å². The summed E-state index contributed by atoms with van der Waals surface area (Å²) in [6.07, 6.45) is 0.00292. The molecule has 19 heavy (non-hydrogen) atoms. The number of aliphatic hydroxyl groups is 1. The van der Waals surface area contributed by atoms with Crippen LogP contribution in [0.4, 0.5) is 19.3 Å². The molecule has 1 rings (SSSR count). The number of benzene rings is 1. The molecule has 7 heteroatoms. The zero-order chi connectivity index (χ0) is 14.3. The number of hydrogen-bond donors (Lipinski definition) is 3. The molecule has 0 saturated heterocycles. The lowest BCUT2D eigenvalue weighted by Gasteiger charge is -2.09. The largest absolute Gasteiger partial charge is 0.393 e. The van der Waals surface area contributed by atoms with Gasteiger partial charge in [0, 0.05) is 17.1 Å². The van der Waals surface area contributed by atoms with Crippen LogP contribution in [0.25, 0.3) is 0 Å². The molecule has 3 N–H and O–H groups in total. The van der Waals surface area contributed by atoms with E-state index in [2.05, 4.69) is 10.6 Å². The number of carbonyl (C=O) groups is 1. The lowest BCUT2D eigenvalue weighted by Crippen LogP contribution is -2.30. The summed E-state index contributed by atoms with van der Waals surface area (Å²) in [5, 5.41) is 14.2. The van der Waals surface area contributed by atoms with Crippen LogP contribution in [-0.4, -0.2) is 29.5 Å². The van der Waals surface area contributed by atoms with Gasteiger partial charge in [0.15, 0.2) is 0 Å². The summed E-state index contributed by atoms with van der Waals surface area (Å²) >= 11 is 0.454. The van der Waals surface area contributed by atoms with Gasteiger partial charge in [0.2, 0.25) is 0 Å². The summed E-state index contributed by atoms with van der Waals surface area (Å²) in [4.78, 5) is 11.9. The summed E-state index contributed by atoms with van der Waals surface area (Å²) < 4.78 is 24.2. The first-order chi connectivity index (χ1) is 8.97. The first-order valence-corrected chi connectivity index (χ1v) is 6.63. The van der Waals surface area contributed by atoms with E-state index in [9.17, 15) is 13.6 Å². The van der Waals surface area contributed by atoms with Gasteiger partial charge in [0.05, 0.1) is 6.10 Å². The number of amides is 2. The summed E-state index contributed by atoms with van der Waals surface area (Å²) in [6, 6.07) is 5.75. The highest BCUT2D eigenvalue weighted by Crippen LogP contribution is 2.26. The van der Waals surface area contributed by atoms with Crippen molar-refractivity contribution in [1.29, 1.82) is 0 Å². The van der Waals surface area contributed by atoms with Crippen molar-refractivity contribution in [3.63, 3.8) is 0 Å². The average molecular weight is 290 g/mol. The van der Waals surface area contributed by atoms with E-state index < -0.39 is 17.9 Å². The lowest BCUT2D eigenvalue weighted by atomic mass is 10.3. The van der Waals surface area contributed by atoms with Crippen molar-refractivity contribution in [3.05, 3.63) is 24.3 Å². The molecule has 4 nitrogen and oxygen atoms in total. The molecule has 0 radical (unpaired) electrons. The molecule has 106 valence electrons. The van der Waals surface area contributed by atoms with E-state index in [0.717, 1.165) is 0 Å². The monoisotopic (exact) mass is 290 g/mol. The fourth-order valence-electron chi connectivity index (χ4n) is 1.29. The maximum Gasteiger partial charge on any atom is 0.319 e. The van der Waals surface area contributed by atoms with Crippen LogP contribution in [0.3, 0.4) is 0 Å². The average Bonchev–Trinajstić information content (AvgIpc) is 2.30. The van der Waals surface area contributed by atoms with Gasteiger partial charge in [-0.3, -0.25) is 0 Å². The van der Waals surface area contributed by atoms with Crippen molar-refractivity contribution in [1.82, 2.24) is 5.32 Å². The van der Waals surface area contributed by atoms with Gasteiger partial charge in [-0.05, 0) is 37.6 Å². The summed E-state index contributed by atoms with van der Waals surface area (Å²) in [6.45, 7) is 2.00. The van der Waals surface area contributed by atoms with Gasteiger partial charge in [-0.2, -0.15) is 8.78 Å². The highest BCUT2D eigenvalue weighted by Gasteiger charge is 2.06. The molecule has 0 aliphatic heterocycles. The molecule has 0 fully saturated rings. The van der Waals surface area contributed by atoms with E-state index in [4.69, 9.17) is 5.11 Å². The van der Waals surface area contributed by atoms with E-state index in [1.165, 1.54) is 12.1 Å². The quantitative estimate of drug-likeness (QED) is 0.706. The topological polar surface area (TPSA) is 61.4 Å². The number of urea groups is 1. The third-order valence-electron chi connectivity index (χ3n) is 2.19. The Balaban J connectivity index is 2.38. The molecule has 1 atom stereocenters. The molecule has 0 aliphatic carbocycles. The van der Waals surface area contributed by atoms with Gasteiger partial charge >= 0.3 is 6.03 Å². The Morgan fingerprint density at radius 3 is 2.53 bits per heavy atom. The number of nitrogens with one attached hydrogen (secondary N) is 2. The second kappa shape index (κ2) is 7.96. The van der Waals surface area contributed by atoms with E-state index in [0.29, 0.717) is 35.3 Å². The number of hydrogen-bond acceptors (Lipinski definition) is 3. The van der Waals surface area contributed by atoms with Crippen molar-refractivity contribution >= 4 is 23.5 Å². The van der Waals surface area contributed by atoms with Crippen LogP contribution < -0.4 is 10.6 Å². The van der Waals surface area contributed by atoms with Gasteiger partial charge < -0.3 is 15.7 Å².